The summed E-state index contributed by atoms with van der Waals surface area (Å²) in [5.74, 6) is 1.79. The molecule has 0 aliphatic rings. The first-order chi connectivity index (χ1) is 9.15. The third-order valence-electron chi connectivity index (χ3n) is 2.61. The molecule has 2 aromatic rings. The van der Waals surface area contributed by atoms with Gasteiger partial charge in [-0.1, -0.05) is 6.07 Å². The molecule has 0 radical (unpaired) electrons. The van der Waals surface area contributed by atoms with Crippen LogP contribution in [0.5, 0.6) is 17.4 Å². The van der Waals surface area contributed by atoms with Gasteiger partial charge in [-0.05, 0) is 26.0 Å². The van der Waals surface area contributed by atoms with Crippen LogP contribution in [0.3, 0.4) is 0 Å². The zero-order valence-electron chi connectivity index (χ0n) is 11.2. The van der Waals surface area contributed by atoms with Gasteiger partial charge in [-0.15, -0.1) is 0 Å². The lowest BCUT2D eigenvalue weighted by Crippen LogP contribution is -1.97. The van der Waals surface area contributed by atoms with E-state index in [2.05, 4.69) is 11.2 Å². The number of rotatable bonds is 4. The Labute approximate surface area is 112 Å². The number of ether oxygens (including phenoxy) is 2. The average Bonchev–Trinajstić information content (AvgIpc) is 2.65. The van der Waals surface area contributed by atoms with Gasteiger partial charge in [0.1, 0.15) is 23.1 Å². The average molecular weight is 257 g/mol. The van der Waals surface area contributed by atoms with Crippen molar-refractivity contribution in [3.8, 4) is 23.4 Å². The van der Waals surface area contributed by atoms with Gasteiger partial charge >= 0.3 is 0 Å². The second-order valence-electron chi connectivity index (χ2n) is 4.01. The number of nitriles is 1. The summed E-state index contributed by atoms with van der Waals surface area (Å²) in [6.45, 7) is 4.30. The number of hydrogen-bond donors (Lipinski definition) is 0. The number of benzene rings is 1. The smallest absolute Gasteiger partial charge is 0.235 e. The molecule has 0 aliphatic carbocycles. The Morgan fingerprint density at radius 2 is 2.11 bits per heavy atom. The molecular formula is C14H15N3O2. The van der Waals surface area contributed by atoms with Crippen molar-refractivity contribution in [2.24, 2.45) is 7.05 Å². The van der Waals surface area contributed by atoms with Crippen molar-refractivity contribution in [1.29, 1.82) is 5.26 Å². The van der Waals surface area contributed by atoms with Crippen LogP contribution in [-0.2, 0) is 7.05 Å². The Hall–Kier alpha value is -2.48. The van der Waals surface area contributed by atoms with Crippen molar-refractivity contribution in [1.82, 2.24) is 9.78 Å². The van der Waals surface area contributed by atoms with Crippen LogP contribution in [-0.4, -0.2) is 16.4 Å². The van der Waals surface area contributed by atoms with Crippen molar-refractivity contribution in [2.75, 3.05) is 6.61 Å². The third kappa shape index (κ3) is 2.68. The predicted molar refractivity (Wildman–Crippen MR) is 70.3 cm³/mol. The van der Waals surface area contributed by atoms with Crippen molar-refractivity contribution < 1.29 is 9.47 Å². The number of hydrogen-bond acceptors (Lipinski definition) is 4. The van der Waals surface area contributed by atoms with E-state index in [1.807, 2.05) is 25.1 Å². The highest BCUT2D eigenvalue weighted by Gasteiger charge is 2.15. The normalized spacial score (nSPS) is 10.0. The van der Waals surface area contributed by atoms with E-state index in [4.69, 9.17) is 14.7 Å². The van der Waals surface area contributed by atoms with Gasteiger partial charge in [0.25, 0.3) is 0 Å². The molecule has 98 valence electrons. The van der Waals surface area contributed by atoms with E-state index in [0.29, 0.717) is 29.5 Å². The fraction of sp³-hybridized carbons (Fsp3) is 0.286. The van der Waals surface area contributed by atoms with Gasteiger partial charge in [-0.2, -0.15) is 10.4 Å². The lowest BCUT2D eigenvalue weighted by atomic mass is 10.3. The molecule has 0 saturated carbocycles. The van der Waals surface area contributed by atoms with Crippen LogP contribution in [0.2, 0.25) is 0 Å². The van der Waals surface area contributed by atoms with E-state index in [-0.39, 0.29) is 0 Å². The highest BCUT2D eigenvalue weighted by molar-refractivity contribution is 5.45. The van der Waals surface area contributed by atoms with Crippen LogP contribution in [0.4, 0.5) is 0 Å². The zero-order valence-corrected chi connectivity index (χ0v) is 11.2. The molecule has 0 aliphatic heterocycles. The van der Waals surface area contributed by atoms with Crippen molar-refractivity contribution in [3.05, 3.63) is 35.5 Å². The molecule has 5 nitrogen and oxygen atoms in total. The molecule has 0 unspecified atom stereocenters. The minimum atomic E-state index is 0.439. The van der Waals surface area contributed by atoms with Crippen LogP contribution < -0.4 is 9.47 Å². The van der Waals surface area contributed by atoms with E-state index >= 15 is 0 Å². The first-order valence-corrected chi connectivity index (χ1v) is 6.00. The van der Waals surface area contributed by atoms with E-state index in [9.17, 15) is 0 Å². The minimum Gasteiger partial charge on any atom is -0.494 e. The molecule has 0 fully saturated rings. The lowest BCUT2D eigenvalue weighted by Gasteiger charge is -2.08. The molecular weight excluding hydrogens is 242 g/mol. The van der Waals surface area contributed by atoms with Crippen LogP contribution >= 0.6 is 0 Å². The number of nitrogens with zero attached hydrogens (tertiary/aromatic N) is 3. The van der Waals surface area contributed by atoms with Crippen LogP contribution in [0, 0.1) is 18.3 Å². The van der Waals surface area contributed by atoms with Crippen LogP contribution in [0.15, 0.2) is 24.3 Å². The Bertz CT molecular complexity index is 626. The summed E-state index contributed by atoms with van der Waals surface area (Å²) in [6, 6.07) is 9.40. The van der Waals surface area contributed by atoms with Gasteiger partial charge in [0.2, 0.25) is 5.88 Å². The summed E-state index contributed by atoms with van der Waals surface area (Å²) in [5, 5.41) is 13.3. The summed E-state index contributed by atoms with van der Waals surface area (Å²) in [7, 11) is 1.75. The fourth-order valence-corrected chi connectivity index (χ4v) is 1.79. The van der Waals surface area contributed by atoms with E-state index in [1.165, 1.54) is 0 Å². The molecule has 0 amide bonds. The quantitative estimate of drug-likeness (QED) is 0.845. The second kappa shape index (κ2) is 5.44. The van der Waals surface area contributed by atoms with E-state index in [0.717, 1.165) is 5.75 Å². The van der Waals surface area contributed by atoms with E-state index < -0.39 is 0 Å². The third-order valence-corrected chi connectivity index (χ3v) is 2.61. The molecule has 19 heavy (non-hydrogen) atoms. The SMILES string of the molecule is CCOc1cccc(Oc2c(C#N)c(C)nn2C)c1. The minimum absolute atomic E-state index is 0.439. The largest absolute Gasteiger partial charge is 0.494 e. The zero-order chi connectivity index (χ0) is 13.8. The van der Waals surface area contributed by atoms with Crippen molar-refractivity contribution >= 4 is 0 Å². The Kier molecular flexibility index (Phi) is 3.71. The number of aromatic nitrogens is 2. The molecule has 2 rings (SSSR count). The predicted octanol–water partition coefficient (Wildman–Crippen LogP) is 2.79. The maximum absolute atomic E-state index is 9.12. The summed E-state index contributed by atoms with van der Waals surface area (Å²) < 4.78 is 12.7. The maximum atomic E-state index is 9.12. The summed E-state index contributed by atoms with van der Waals surface area (Å²) in [4.78, 5) is 0. The molecule has 5 heteroatoms. The molecule has 0 atom stereocenters. The van der Waals surface area contributed by atoms with Gasteiger partial charge in [0, 0.05) is 13.1 Å². The summed E-state index contributed by atoms with van der Waals surface area (Å²) in [5.41, 5.74) is 1.10. The highest BCUT2D eigenvalue weighted by Crippen LogP contribution is 2.28. The number of aryl methyl sites for hydroxylation is 2. The Morgan fingerprint density at radius 3 is 2.79 bits per heavy atom. The molecule has 0 spiro atoms. The van der Waals surface area contributed by atoms with E-state index in [1.54, 1.807) is 24.7 Å². The molecule has 1 aromatic carbocycles. The second-order valence-corrected chi connectivity index (χ2v) is 4.01. The maximum Gasteiger partial charge on any atom is 0.235 e. The van der Waals surface area contributed by atoms with Crippen molar-refractivity contribution in [3.63, 3.8) is 0 Å². The first kappa shape index (κ1) is 13.0. The fourth-order valence-electron chi connectivity index (χ4n) is 1.79. The van der Waals surface area contributed by atoms with Crippen LogP contribution in [0.25, 0.3) is 0 Å². The first-order valence-electron chi connectivity index (χ1n) is 6.00. The molecule has 1 heterocycles. The topological polar surface area (TPSA) is 60.1 Å². The van der Waals surface area contributed by atoms with Gasteiger partial charge in [0.05, 0.1) is 12.3 Å². The summed E-state index contributed by atoms with van der Waals surface area (Å²) in [6.07, 6.45) is 0. The highest BCUT2D eigenvalue weighted by atomic mass is 16.5. The Balaban J connectivity index is 2.31. The Morgan fingerprint density at radius 1 is 1.37 bits per heavy atom. The van der Waals surface area contributed by atoms with Gasteiger partial charge in [0.15, 0.2) is 0 Å². The molecule has 1 aromatic heterocycles. The van der Waals surface area contributed by atoms with Crippen LogP contribution in [0.1, 0.15) is 18.2 Å². The lowest BCUT2D eigenvalue weighted by molar-refractivity contribution is 0.337. The van der Waals surface area contributed by atoms with Gasteiger partial charge in [-0.25, -0.2) is 4.68 Å². The molecule has 0 bridgehead atoms. The monoisotopic (exact) mass is 257 g/mol. The molecule has 0 N–H and O–H groups in total. The van der Waals surface area contributed by atoms with Crippen molar-refractivity contribution in [2.45, 2.75) is 13.8 Å². The molecule has 0 saturated heterocycles. The van der Waals surface area contributed by atoms with Gasteiger partial charge < -0.3 is 9.47 Å². The van der Waals surface area contributed by atoms with Gasteiger partial charge in [-0.3, -0.25) is 0 Å². The standard InChI is InChI=1S/C14H15N3O2/c1-4-18-11-6-5-7-12(8-11)19-14-13(9-15)10(2)16-17(14)3/h5-8H,4H2,1-3H3. The summed E-state index contributed by atoms with van der Waals surface area (Å²) >= 11 is 0.